The third kappa shape index (κ3) is 1.78. The summed E-state index contributed by atoms with van der Waals surface area (Å²) in [6, 6.07) is 0. The first-order valence-corrected chi connectivity index (χ1v) is 2.83. The Morgan fingerprint density at radius 2 is 2.40 bits per heavy atom. The molecule has 0 saturated carbocycles. The lowest BCUT2D eigenvalue weighted by Crippen LogP contribution is -2.06. The fourth-order valence-corrected chi connectivity index (χ4v) is 0.630. The average Bonchev–Trinajstić information content (AvgIpc) is 1.88. The second-order valence-electron chi connectivity index (χ2n) is 1.80. The van der Waals surface area contributed by atoms with Crippen molar-refractivity contribution in [3.05, 3.63) is 36.2 Å². The van der Waals surface area contributed by atoms with Crippen LogP contribution in [0.25, 0.3) is 0 Å². The van der Waals surface area contributed by atoms with Crippen LogP contribution in [0.4, 0.5) is 0 Å². The highest BCUT2D eigenvalue weighted by molar-refractivity contribution is 5.81. The molecule has 0 amide bonds. The third-order valence-electron chi connectivity index (χ3n) is 1.01. The van der Waals surface area contributed by atoms with Crippen LogP contribution in [-0.4, -0.2) is 11.1 Å². The highest BCUT2D eigenvalue weighted by Crippen LogP contribution is 1.96. The second kappa shape index (κ2) is 2.87. The van der Waals surface area contributed by atoms with Crippen molar-refractivity contribution in [3.8, 4) is 0 Å². The molecule has 0 saturated heterocycles. The van der Waals surface area contributed by atoms with Gasteiger partial charge in [-0.15, -0.1) is 0 Å². The molecule has 1 heterocycles. The minimum absolute atomic E-state index is 0.593. The Labute approximate surface area is 58.4 Å². The molecular weight excluding hydrogens is 130 g/mol. The zero-order chi connectivity index (χ0) is 7.40. The topological polar surface area (TPSA) is 49.3 Å². The molecule has 1 aliphatic rings. The number of hydrogen-bond donors (Lipinski definition) is 2. The van der Waals surface area contributed by atoms with Crippen LogP contribution in [0.15, 0.2) is 36.2 Å². The molecule has 0 spiro atoms. The Balaban J connectivity index is 2.67. The SMILES string of the molecule is O=C(O)/C=C1\C=CC=CN1. The zero-order valence-corrected chi connectivity index (χ0v) is 5.24. The lowest BCUT2D eigenvalue weighted by atomic mass is 10.3. The molecule has 2 N–H and O–H groups in total. The molecule has 10 heavy (non-hydrogen) atoms. The van der Waals surface area contributed by atoms with Gasteiger partial charge in [-0.05, 0) is 12.2 Å². The summed E-state index contributed by atoms with van der Waals surface area (Å²) in [4.78, 5) is 10.1. The fraction of sp³-hybridized carbons (Fsp3) is 0. The van der Waals surface area contributed by atoms with Gasteiger partial charge in [0.05, 0.1) is 0 Å². The van der Waals surface area contributed by atoms with E-state index in [1.165, 1.54) is 0 Å². The van der Waals surface area contributed by atoms with Gasteiger partial charge in [0, 0.05) is 18.0 Å². The average molecular weight is 137 g/mol. The first-order chi connectivity index (χ1) is 4.79. The van der Waals surface area contributed by atoms with Gasteiger partial charge >= 0.3 is 5.97 Å². The van der Waals surface area contributed by atoms with Gasteiger partial charge in [0.25, 0.3) is 0 Å². The van der Waals surface area contributed by atoms with Gasteiger partial charge in [0.15, 0.2) is 0 Å². The molecule has 0 aromatic carbocycles. The molecular formula is C7H7NO2. The van der Waals surface area contributed by atoms with Crippen molar-refractivity contribution < 1.29 is 9.90 Å². The molecule has 0 unspecified atom stereocenters. The van der Waals surface area contributed by atoms with Crippen molar-refractivity contribution in [2.45, 2.75) is 0 Å². The molecule has 0 aliphatic carbocycles. The first-order valence-electron chi connectivity index (χ1n) is 2.83. The number of hydrogen-bond acceptors (Lipinski definition) is 2. The summed E-state index contributed by atoms with van der Waals surface area (Å²) >= 11 is 0. The van der Waals surface area contributed by atoms with Crippen LogP contribution in [-0.2, 0) is 4.79 Å². The normalized spacial score (nSPS) is 19.0. The maximum atomic E-state index is 10.1. The van der Waals surface area contributed by atoms with E-state index in [1.54, 1.807) is 24.4 Å². The fourth-order valence-electron chi connectivity index (χ4n) is 0.630. The highest BCUT2D eigenvalue weighted by atomic mass is 16.4. The number of carbonyl (C=O) groups is 1. The number of allylic oxidation sites excluding steroid dienone is 3. The molecule has 0 radical (unpaired) electrons. The number of nitrogens with one attached hydrogen (secondary N) is 1. The number of carboxylic acids is 1. The minimum Gasteiger partial charge on any atom is -0.478 e. The van der Waals surface area contributed by atoms with Gasteiger partial charge in [0.2, 0.25) is 0 Å². The van der Waals surface area contributed by atoms with Crippen molar-refractivity contribution in [3.63, 3.8) is 0 Å². The van der Waals surface area contributed by atoms with Gasteiger partial charge < -0.3 is 10.4 Å². The van der Waals surface area contributed by atoms with Crippen molar-refractivity contribution in [1.82, 2.24) is 5.32 Å². The third-order valence-corrected chi connectivity index (χ3v) is 1.01. The Kier molecular flexibility index (Phi) is 1.89. The van der Waals surface area contributed by atoms with E-state index < -0.39 is 5.97 Å². The van der Waals surface area contributed by atoms with E-state index in [-0.39, 0.29) is 0 Å². The maximum absolute atomic E-state index is 10.1. The van der Waals surface area contributed by atoms with Gasteiger partial charge in [-0.1, -0.05) is 6.08 Å². The van der Waals surface area contributed by atoms with E-state index >= 15 is 0 Å². The zero-order valence-electron chi connectivity index (χ0n) is 5.24. The highest BCUT2D eigenvalue weighted by Gasteiger charge is 1.94. The van der Waals surface area contributed by atoms with E-state index in [1.807, 2.05) is 0 Å². The molecule has 0 bridgehead atoms. The van der Waals surface area contributed by atoms with Crippen LogP contribution >= 0.6 is 0 Å². The molecule has 52 valence electrons. The monoisotopic (exact) mass is 137 g/mol. The first kappa shape index (κ1) is 6.61. The summed E-state index contributed by atoms with van der Waals surface area (Å²) in [6.07, 6.45) is 8.04. The summed E-state index contributed by atoms with van der Waals surface area (Å²) in [5.41, 5.74) is 0.593. The largest absolute Gasteiger partial charge is 0.478 e. The van der Waals surface area contributed by atoms with E-state index in [9.17, 15) is 4.79 Å². The molecule has 0 aromatic rings. The van der Waals surface area contributed by atoms with E-state index in [2.05, 4.69) is 5.32 Å². The number of carboxylic acid groups (broad SMARTS) is 1. The molecule has 3 nitrogen and oxygen atoms in total. The van der Waals surface area contributed by atoms with Gasteiger partial charge in [-0.25, -0.2) is 4.79 Å². The van der Waals surface area contributed by atoms with Crippen LogP contribution < -0.4 is 5.32 Å². The van der Waals surface area contributed by atoms with Crippen LogP contribution in [0.2, 0.25) is 0 Å². The Bertz CT molecular complexity index is 226. The predicted molar refractivity (Wildman–Crippen MR) is 37.1 cm³/mol. The molecule has 1 aliphatic heterocycles. The van der Waals surface area contributed by atoms with Gasteiger partial charge in [-0.3, -0.25) is 0 Å². The van der Waals surface area contributed by atoms with Crippen LogP contribution in [0.1, 0.15) is 0 Å². The van der Waals surface area contributed by atoms with E-state index in [0.717, 1.165) is 6.08 Å². The predicted octanol–water partition coefficient (Wildman–Crippen LogP) is 0.628. The van der Waals surface area contributed by atoms with Crippen LogP contribution in [0, 0.1) is 0 Å². The second-order valence-corrected chi connectivity index (χ2v) is 1.80. The van der Waals surface area contributed by atoms with E-state index in [0.29, 0.717) is 5.70 Å². The van der Waals surface area contributed by atoms with Crippen LogP contribution in [0.3, 0.4) is 0 Å². The Hall–Kier alpha value is -1.51. The minimum atomic E-state index is -0.942. The molecule has 0 atom stereocenters. The van der Waals surface area contributed by atoms with E-state index in [4.69, 9.17) is 5.11 Å². The maximum Gasteiger partial charge on any atom is 0.330 e. The lowest BCUT2D eigenvalue weighted by molar-refractivity contribution is -0.131. The molecule has 0 aromatic heterocycles. The summed E-state index contributed by atoms with van der Waals surface area (Å²) in [6.45, 7) is 0. The summed E-state index contributed by atoms with van der Waals surface area (Å²) in [5, 5.41) is 11.1. The van der Waals surface area contributed by atoms with Crippen molar-refractivity contribution in [2.24, 2.45) is 0 Å². The number of aliphatic carboxylic acids is 1. The lowest BCUT2D eigenvalue weighted by Gasteiger charge is -2.02. The molecule has 3 heteroatoms. The Morgan fingerprint density at radius 1 is 1.60 bits per heavy atom. The summed E-state index contributed by atoms with van der Waals surface area (Å²) in [7, 11) is 0. The number of dihydropyridines is 1. The number of rotatable bonds is 1. The standard InChI is InChI=1S/C7H7NO2/c9-7(10)5-6-3-1-2-4-8-6/h1-5,8H,(H,9,10)/b6-5+. The van der Waals surface area contributed by atoms with Crippen LogP contribution in [0.5, 0.6) is 0 Å². The van der Waals surface area contributed by atoms with Crippen molar-refractivity contribution >= 4 is 5.97 Å². The Morgan fingerprint density at radius 3 is 2.90 bits per heavy atom. The summed E-state index contributed by atoms with van der Waals surface area (Å²) in [5.74, 6) is -0.942. The molecule has 1 rings (SSSR count). The summed E-state index contributed by atoms with van der Waals surface area (Å²) < 4.78 is 0. The quantitative estimate of drug-likeness (QED) is 0.521. The molecule has 0 fully saturated rings. The van der Waals surface area contributed by atoms with Gasteiger partial charge in [0.1, 0.15) is 0 Å². The van der Waals surface area contributed by atoms with Crippen molar-refractivity contribution in [2.75, 3.05) is 0 Å². The van der Waals surface area contributed by atoms with Crippen molar-refractivity contribution in [1.29, 1.82) is 0 Å². The van der Waals surface area contributed by atoms with Gasteiger partial charge in [-0.2, -0.15) is 0 Å². The smallest absolute Gasteiger partial charge is 0.330 e.